The number of ether oxygens (including phenoxy) is 2. The Labute approximate surface area is 147 Å². The SMILES string of the molecule is CCC(C)(C)C(=O)OCCC(=O)OC1(C(C)(CC)CC)CCCC1. The minimum Gasteiger partial charge on any atom is -0.465 e. The van der Waals surface area contributed by atoms with Crippen molar-refractivity contribution in [1.82, 2.24) is 0 Å². The predicted molar refractivity (Wildman–Crippen MR) is 95.6 cm³/mol. The van der Waals surface area contributed by atoms with Crippen LogP contribution in [-0.2, 0) is 19.1 Å². The fourth-order valence-electron chi connectivity index (χ4n) is 3.50. The molecule has 1 aliphatic carbocycles. The summed E-state index contributed by atoms with van der Waals surface area (Å²) in [5.41, 5.74) is -0.833. The van der Waals surface area contributed by atoms with Gasteiger partial charge in [-0.15, -0.1) is 0 Å². The van der Waals surface area contributed by atoms with Gasteiger partial charge in [-0.05, 0) is 58.8 Å². The van der Waals surface area contributed by atoms with Gasteiger partial charge in [0.05, 0.1) is 11.8 Å². The summed E-state index contributed by atoms with van der Waals surface area (Å²) in [5.74, 6) is -0.493. The molecule has 0 aromatic heterocycles. The van der Waals surface area contributed by atoms with Crippen LogP contribution in [0.25, 0.3) is 0 Å². The third kappa shape index (κ3) is 4.52. The molecule has 0 atom stereocenters. The highest BCUT2D eigenvalue weighted by molar-refractivity contribution is 5.76. The van der Waals surface area contributed by atoms with Crippen molar-refractivity contribution in [2.24, 2.45) is 10.8 Å². The van der Waals surface area contributed by atoms with Crippen molar-refractivity contribution in [3.8, 4) is 0 Å². The summed E-state index contributed by atoms with van der Waals surface area (Å²) in [7, 11) is 0. The molecule has 0 unspecified atom stereocenters. The van der Waals surface area contributed by atoms with E-state index in [-0.39, 0.29) is 36.0 Å². The van der Waals surface area contributed by atoms with Crippen molar-refractivity contribution in [1.29, 1.82) is 0 Å². The average molecular weight is 341 g/mol. The summed E-state index contributed by atoms with van der Waals surface area (Å²) in [6.45, 7) is 12.3. The van der Waals surface area contributed by atoms with Gasteiger partial charge in [-0.25, -0.2) is 0 Å². The average Bonchev–Trinajstić information content (AvgIpc) is 3.03. The van der Waals surface area contributed by atoms with Crippen molar-refractivity contribution in [2.75, 3.05) is 6.61 Å². The topological polar surface area (TPSA) is 52.6 Å². The quantitative estimate of drug-likeness (QED) is 0.552. The van der Waals surface area contributed by atoms with E-state index in [1.807, 2.05) is 20.8 Å². The maximum atomic E-state index is 12.4. The van der Waals surface area contributed by atoms with E-state index < -0.39 is 5.41 Å². The number of hydrogen-bond donors (Lipinski definition) is 0. The zero-order valence-electron chi connectivity index (χ0n) is 16.5. The van der Waals surface area contributed by atoms with Crippen LogP contribution < -0.4 is 0 Å². The Bertz CT molecular complexity index is 429. The third-order valence-corrected chi connectivity index (χ3v) is 6.36. The predicted octanol–water partition coefficient (Wildman–Crippen LogP) is 5.04. The Balaban J connectivity index is 2.60. The molecule has 0 amide bonds. The van der Waals surface area contributed by atoms with Gasteiger partial charge in [0.15, 0.2) is 0 Å². The molecule has 0 N–H and O–H groups in total. The van der Waals surface area contributed by atoms with Crippen LogP contribution in [0.1, 0.15) is 92.9 Å². The zero-order valence-corrected chi connectivity index (χ0v) is 16.5. The summed E-state index contributed by atoms with van der Waals surface area (Å²) in [6.07, 6.45) is 6.96. The van der Waals surface area contributed by atoms with Crippen molar-refractivity contribution in [3.63, 3.8) is 0 Å². The highest BCUT2D eigenvalue weighted by Crippen LogP contribution is 2.50. The van der Waals surface area contributed by atoms with Crippen LogP contribution in [0.3, 0.4) is 0 Å². The Kier molecular flexibility index (Phi) is 7.30. The molecule has 0 heterocycles. The van der Waals surface area contributed by atoms with E-state index in [1.165, 1.54) is 0 Å². The Morgan fingerprint density at radius 3 is 1.96 bits per heavy atom. The van der Waals surface area contributed by atoms with Gasteiger partial charge >= 0.3 is 11.9 Å². The van der Waals surface area contributed by atoms with Gasteiger partial charge in [0, 0.05) is 5.41 Å². The van der Waals surface area contributed by atoms with Crippen LogP contribution in [0.15, 0.2) is 0 Å². The Morgan fingerprint density at radius 1 is 0.958 bits per heavy atom. The summed E-state index contributed by atoms with van der Waals surface area (Å²) in [6, 6.07) is 0. The van der Waals surface area contributed by atoms with Gasteiger partial charge in [0.2, 0.25) is 0 Å². The van der Waals surface area contributed by atoms with Crippen molar-refractivity contribution < 1.29 is 19.1 Å². The number of hydrogen-bond acceptors (Lipinski definition) is 4. The van der Waals surface area contributed by atoms with E-state index in [9.17, 15) is 9.59 Å². The molecule has 0 saturated heterocycles. The second kappa shape index (κ2) is 8.35. The molecule has 1 saturated carbocycles. The standard InChI is InChI=1S/C20H36O4/c1-7-18(4,5)17(22)23-15-12-16(21)24-20(13-10-11-14-20)19(6,8-2)9-3/h7-15H2,1-6H3. The summed E-state index contributed by atoms with van der Waals surface area (Å²) >= 11 is 0. The zero-order chi connectivity index (χ0) is 18.4. The van der Waals surface area contributed by atoms with E-state index >= 15 is 0 Å². The maximum absolute atomic E-state index is 12.4. The molecule has 1 fully saturated rings. The Hall–Kier alpha value is -1.06. The number of rotatable bonds is 9. The number of esters is 2. The first-order chi connectivity index (χ1) is 11.2. The molecule has 0 bridgehead atoms. The molecular formula is C20H36O4. The smallest absolute Gasteiger partial charge is 0.311 e. The van der Waals surface area contributed by atoms with Crippen LogP contribution in [0, 0.1) is 10.8 Å². The van der Waals surface area contributed by atoms with Crippen molar-refractivity contribution >= 4 is 11.9 Å². The van der Waals surface area contributed by atoms with Crippen LogP contribution in [0.2, 0.25) is 0 Å². The first-order valence-corrected chi connectivity index (χ1v) is 9.55. The fourth-order valence-corrected chi connectivity index (χ4v) is 3.50. The van der Waals surface area contributed by atoms with Crippen LogP contribution >= 0.6 is 0 Å². The summed E-state index contributed by atoms with van der Waals surface area (Å²) in [5, 5.41) is 0. The van der Waals surface area contributed by atoms with E-state index in [0.29, 0.717) is 6.42 Å². The van der Waals surface area contributed by atoms with Crippen LogP contribution in [-0.4, -0.2) is 24.1 Å². The van der Waals surface area contributed by atoms with Gasteiger partial charge in [-0.1, -0.05) is 27.7 Å². The van der Waals surface area contributed by atoms with Gasteiger partial charge in [0.25, 0.3) is 0 Å². The summed E-state index contributed by atoms with van der Waals surface area (Å²) in [4.78, 5) is 24.3. The largest absolute Gasteiger partial charge is 0.465 e. The monoisotopic (exact) mass is 340 g/mol. The Morgan fingerprint density at radius 2 is 1.50 bits per heavy atom. The van der Waals surface area contributed by atoms with Gasteiger partial charge in [0.1, 0.15) is 12.2 Å². The molecule has 0 spiro atoms. The molecule has 4 nitrogen and oxygen atoms in total. The summed E-state index contributed by atoms with van der Waals surface area (Å²) < 4.78 is 11.3. The second-order valence-electron chi connectivity index (χ2n) is 8.07. The van der Waals surface area contributed by atoms with E-state index in [2.05, 4.69) is 20.8 Å². The van der Waals surface area contributed by atoms with Gasteiger partial charge in [-0.3, -0.25) is 9.59 Å². The first kappa shape index (κ1) is 21.0. The number of carbonyl (C=O) groups is 2. The maximum Gasteiger partial charge on any atom is 0.311 e. The van der Waals surface area contributed by atoms with E-state index in [1.54, 1.807) is 0 Å². The lowest BCUT2D eigenvalue weighted by molar-refractivity contribution is -0.178. The molecule has 0 aliphatic heterocycles. The first-order valence-electron chi connectivity index (χ1n) is 9.55. The molecule has 24 heavy (non-hydrogen) atoms. The molecular weight excluding hydrogens is 304 g/mol. The minimum atomic E-state index is -0.500. The highest BCUT2D eigenvalue weighted by atomic mass is 16.6. The van der Waals surface area contributed by atoms with Crippen molar-refractivity contribution in [2.45, 2.75) is 98.5 Å². The second-order valence-corrected chi connectivity index (χ2v) is 8.07. The molecule has 0 aromatic rings. The minimum absolute atomic E-state index is 0.0139. The molecule has 1 rings (SSSR count). The molecule has 0 radical (unpaired) electrons. The molecule has 140 valence electrons. The molecule has 4 heteroatoms. The lowest BCUT2D eigenvalue weighted by atomic mass is 9.68. The normalized spacial score (nSPS) is 17.6. The lowest BCUT2D eigenvalue weighted by Crippen LogP contribution is -2.47. The van der Waals surface area contributed by atoms with Crippen LogP contribution in [0.5, 0.6) is 0 Å². The van der Waals surface area contributed by atoms with E-state index in [0.717, 1.165) is 38.5 Å². The van der Waals surface area contributed by atoms with Crippen LogP contribution in [0.4, 0.5) is 0 Å². The number of carbonyl (C=O) groups excluding carboxylic acids is 2. The van der Waals surface area contributed by atoms with Crippen molar-refractivity contribution in [3.05, 3.63) is 0 Å². The van der Waals surface area contributed by atoms with E-state index in [4.69, 9.17) is 9.47 Å². The molecule has 0 aromatic carbocycles. The third-order valence-electron chi connectivity index (χ3n) is 6.36. The highest BCUT2D eigenvalue weighted by Gasteiger charge is 2.50. The molecule has 1 aliphatic rings. The van der Waals surface area contributed by atoms with Gasteiger partial charge in [-0.2, -0.15) is 0 Å². The lowest BCUT2D eigenvalue weighted by Gasteiger charge is -2.45. The fraction of sp³-hybridized carbons (Fsp3) is 0.900. The van der Waals surface area contributed by atoms with Gasteiger partial charge < -0.3 is 9.47 Å².